The van der Waals surface area contributed by atoms with Crippen LogP contribution in [0.3, 0.4) is 0 Å². The molecule has 0 saturated carbocycles. The SMILES string of the molecule is CC(C)N(C)S(=O)(=O)c1ccc(NC(=O)C2COc3ccccc3C2)cc1. The molecule has 144 valence electrons. The maximum atomic E-state index is 12.5. The van der Waals surface area contributed by atoms with Gasteiger partial charge < -0.3 is 10.1 Å². The summed E-state index contributed by atoms with van der Waals surface area (Å²) < 4.78 is 32.0. The number of hydrogen-bond donors (Lipinski definition) is 1. The van der Waals surface area contributed by atoms with Crippen LogP contribution in [0.2, 0.25) is 0 Å². The van der Waals surface area contributed by atoms with Crippen molar-refractivity contribution in [2.24, 2.45) is 5.92 Å². The van der Waals surface area contributed by atoms with Crippen LogP contribution in [0.4, 0.5) is 5.69 Å². The van der Waals surface area contributed by atoms with E-state index in [4.69, 9.17) is 4.74 Å². The van der Waals surface area contributed by atoms with Crippen LogP contribution in [0, 0.1) is 5.92 Å². The van der Waals surface area contributed by atoms with Crippen molar-refractivity contribution in [1.82, 2.24) is 4.31 Å². The molecule has 0 radical (unpaired) electrons. The Hall–Kier alpha value is -2.38. The van der Waals surface area contributed by atoms with Gasteiger partial charge in [-0.3, -0.25) is 4.79 Å². The quantitative estimate of drug-likeness (QED) is 0.855. The molecule has 1 N–H and O–H groups in total. The Balaban J connectivity index is 1.68. The highest BCUT2D eigenvalue weighted by Gasteiger charge is 2.26. The highest BCUT2D eigenvalue weighted by atomic mass is 32.2. The third-order valence-electron chi connectivity index (χ3n) is 4.78. The predicted molar refractivity (Wildman–Crippen MR) is 104 cm³/mol. The summed E-state index contributed by atoms with van der Waals surface area (Å²) in [5, 5.41) is 2.85. The lowest BCUT2D eigenvalue weighted by molar-refractivity contribution is -0.121. The van der Waals surface area contributed by atoms with Gasteiger partial charge in [0.05, 0.1) is 10.8 Å². The molecule has 0 bridgehead atoms. The number of rotatable bonds is 5. The summed E-state index contributed by atoms with van der Waals surface area (Å²) in [6, 6.07) is 13.8. The van der Waals surface area contributed by atoms with Crippen LogP contribution >= 0.6 is 0 Å². The van der Waals surface area contributed by atoms with E-state index in [2.05, 4.69) is 5.32 Å². The number of benzene rings is 2. The summed E-state index contributed by atoms with van der Waals surface area (Å²) in [6.07, 6.45) is 0.619. The fourth-order valence-electron chi connectivity index (χ4n) is 2.89. The molecule has 0 aliphatic carbocycles. The van der Waals surface area contributed by atoms with E-state index >= 15 is 0 Å². The van der Waals surface area contributed by atoms with Gasteiger partial charge in [-0.2, -0.15) is 4.31 Å². The van der Waals surface area contributed by atoms with Crippen LogP contribution in [0.1, 0.15) is 19.4 Å². The van der Waals surface area contributed by atoms with Crippen LogP contribution in [0.5, 0.6) is 5.75 Å². The molecule has 0 spiro atoms. The molecule has 0 fully saturated rings. The van der Waals surface area contributed by atoms with Crippen molar-refractivity contribution in [3.8, 4) is 5.75 Å². The number of nitrogens with zero attached hydrogens (tertiary/aromatic N) is 1. The van der Waals surface area contributed by atoms with Gasteiger partial charge in [-0.1, -0.05) is 18.2 Å². The van der Waals surface area contributed by atoms with E-state index in [0.717, 1.165) is 11.3 Å². The molecule has 1 aliphatic rings. The Labute approximate surface area is 160 Å². The normalized spacial score (nSPS) is 16.7. The third-order valence-corrected chi connectivity index (χ3v) is 6.82. The second kappa shape index (κ2) is 7.70. The Morgan fingerprint density at radius 2 is 1.81 bits per heavy atom. The van der Waals surface area contributed by atoms with Crippen molar-refractivity contribution in [3.63, 3.8) is 0 Å². The molecule has 1 unspecified atom stereocenters. The number of carbonyl (C=O) groups is 1. The zero-order chi connectivity index (χ0) is 19.6. The third kappa shape index (κ3) is 4.14. The summed E-state index contributed by atoms with van der Waals surface area (Å²) in [5.74, 6) is 0.403. The molecule has 0 aromatic heterocycles. The highest BCUT2D eigenvalue weighted by Crippen LogP contribution is 2.27. The minimum atomic E-state index is -3.54. The van der Waals surface area contributed by atoms with Gasteiger partial charge >= 0.3 is 0 Å². The Morgan fingerprint density at radius 1 is 1.15 bits per heavy atom. The molecular weight excluding hydrogens is 364 g/mol. The largest absolute Gasteiger partial charge is 0.492 e. The molecule has 7 heteroatoms. The van der Waals surface area contributed by atoms with Gasteiger partial charge in [0.25, 0.3) is 0 Å². The Kier molecular flexibility index (Phi) is 5.53. The summed E-state index contributed by atoms with van der Waals surface area (Å²) in [4.78, 5) is 12.7. The Bertz CT molecular complexity index is 923. The van der Waals surface area contributed by atoms with Crippen molar-refractivity contribution in [2.75, 3.05) is 19.0 Å². The topological polar surface area (TPSA) is 75.7 Å². The van der Waals surface area contributed by atoms with Gasteiger partial charge in [0, 0.05) is 18.8 Å². The van der Waals surface area contributed by atoms with Gasteiger partial charge in [0.1, 0.15) is 12.4 Å². The fourth-order valence-corrected chi connectivity index (χ4v) is 4.26. The molecule has 1 aliphatic heterocycles. The number of nitrogens with one attached hydrogen (secondary N) is 1. The van der Waals surface area contributed by atoms with Crippen LogP contribution in [-0.4, -0.2) is 38.3 Å². The second-order valence-corrected chi connectivity index (χ2v) is 8.95. The molecule has 1 amide bonds. The van der Waals surface area contributed by atoms with E-state index in [1.54, 1.807) is 19.2 Å². The van der Waals surface area contributed by atoms with Crippen LogP contribution < -0.4 is 10.1 Å². The van der Waals surface area contributed by atoms with E-state index in [1.807, 2.05) is 38.1 Å². The van der Waals surface area contributed by atoms with Crippen molar-refractivity contribution >= 4 is 21.6 Å². The average molecular weight is 388 g/mol. The standard InChI is InChI=1S/C20H24N2O4S/c1-14(2)22(3)27(24,25)18-10-8-17(9-11-18)21-20(23)16-12-15-6-4-5-7-19(15)26-13-16/h4-11,14,16H,12-13H2,1-3H3,(H,21,23). The minimum absolute atomic E-state index is 0.136. The van der Waals surface area contributed by atoms with Crippen molar-refractivity contribution < 1.29 is 17.9 Å². The van der Waals surface area contributed by atoms with E-state index in [0.29, 0.717) is 18.7 Å². The smallest absolute Gasteiger partial charge is 0.243 e. The van der Waals surface area contributed by atoms with E-state index in [9.17, 15) is 13.2 Å². The maximum absolute atomic E-state index is 12.5. The first-order valence-corrected chi connectivity index (χ1v) is 10.3. The number of fused-ring (bicyclic) bond motifs is 1. The minimum Gasteiger partial charge on any atom is -0.492 e. The first kappa shape index (κ1) is 19.4. The molecule has 0 saturated heterocycles. The van der Waals surface area contributed by atoms with Crippen molar-refractivity contribution in [1.29, 1.82) is 0 Å². The Morgan fingerprint density at radius 3 is 2.48 bits per heavy atom. The molecule has 2 aromatic rings. The molecule has 1 heterocycles. The van der Waals surface area contributed by atoms with E-state index in [-0.39, 0.29) is 22.8 Å². The predicted octanol–water partition coefficient (Wildman–Crippen LogP) is 2.91. The van der Waals surface area contributed by atoms with Crippen molar-refractivity contribution in [2.45, 2.75) is 31.2 Å². The van der Waals surface area contributed by atoms with Gasteiger partial charge in [-0.05, 0) is 56.2 Å². The lowest BCUT2D eigenvalue weighted by Gasteiger charge is -2.24. The summed E-state index contributed by atoms with van der Waals surface area (Å²) in [5.41, 5.74) is 1.58. The molecule has 2 aromatic carbocycles. The number of hydrogen-bond acceptors (Lipinski definition) is 4. The number of ether oxygens (including phenoxy) is 1. The summed E-state index contributed by atoms with van der Waals surface area (Å²) in [6.45, 7) is 3.96. The van der Waals surface area contributed by atoms with Crippen molar-refractivity contribution in [3.05, 3.63) is 54.1 Å². The number of sulfonamides is 1. The zero-order valence-corrected chi connectivity index (χ0v) is 16.5. The molecule has 27 heavy (non-hydrogen) atoms. The lowest BCUT2D eigenvalue weighted by atomic mass is 9.96. The number of amides is 1. The molecule has 6 nitrogen and oxygen atoms in total. The van der Waals surface area contributed by atoms with Gasteiger partial charge in [0.15, 0.2) is 0 Å². The van der Waals surface area contributed by atoms with Crippen LogP contribution in [0.15, 0.2) is 53.4 Å². The number of carbonyl (C=O) groups excluding carboxylic acids is 1. The summed E-state index contributed by atoms with van der Waals surface area (Å²) in [7, 11) is -1.98. The summed E-state index contributed by atoms with van der Waals surface area (Å²) >= 11 is 0. The van der Waals surface area contributed by atoms with E-state index in [1.165, 1.54) is 16.4 Å². The van der Waals surface area contributed by atoms with Gasteiger partial charge in [-0.25, -0.2) is 8.42 Å². The average Bonchev–Trinajstić information content (AvgIpc) is 2.67. The van der Waals surface area contributed by atoms with Gasteiger partial charge in [0.2, 0.25) is 15.9 Å². The zero-order valence-electron chi connectivity index (χ0n) is 15.7. The van der Waals surface area contributed by atoms with Crippen LogP contribution in [0.25, 0.3) is 0 Å². The van der Waals surface area contributed by atoms with Crippen LogP contribution in [-0.2, 0) is 21.2 Å². The second-order valence-electron chi connectivity index (χ2n) is 6.95. The first-order chi connectivity index (χ1) is 12.8. The maximum Gasteiger partial charge on any atom is 0.243 e. The van der Waals surface area contributed by atoms with E-state index < -0.39 is 10.0 Å². The molecule has 1 atom stereocenters. The number of para-hydroxylation sites is 1. The molecular formula is C20H24N2O4S. The van der Waals surface area contributed by atoms with Gasteiger partial charge in [-0.15, -0.1) is 0 Å². The first-order valence-electron chi connectivity index (χ1n) is 8.88. The lowest BCUT2D eigenvalue weighted by Crippen LogP contribution is -2.33. The molecule has 3 rings (SSSR count). The number of anilines is 1. The fraction of sp³-hybridized carbons (Fsp3) is 0.350. The monoisotopic (exact) mass is 388 g/mol. The highest BCUT2D eigenvalue weighted by molar-refractivity contribution is 7.89.